The molecule has 0 atom stereocenters. The normalized spacial score (nSPS) is 12.5. The number of hydrogen-bond donors (Lipinski definition) is 0. The van der Waals surface area contributed by atoms with Gasteiger partial charge in [-0.3, -0.25) is 4.79 Å². The first-order valence-corrected chi connectivity index (χ1v) is 9.77. The highest BCUT2D eigenvalue weighted by molar-refractivity contribution is 7.99. The summed E-state index contributed by atoms with van der Waals surface area (Å²) >= 11 is 1.17. The third kappa shape index (κ3) is 4.29. The second kappa shape index (κ2) is 8.44. The molecule has 4 rings (SSSR count). The quantitative estimate of drug-likeness (QED) is 0.425. The van der Waals surface area contributed by atoms with Crippen LogP contribution >= 0.6 is 11.8 Å². The van der Waals surface area contributed by atoms with Gasteiger partial charge in [0, 0.05) is 17.2 Å². The fourth-order valence-corrected chi connectivity index (χ4v) is 3.40. The number of methoxy groups -OCH3 is 2. The Balaban J connectivity index is 1.44. The first-order valence-electron chi connectivity index (χ1n) is 8.79. The third-order valence-electron chi connectivity index (χ3n) is 4.20. The monoisotopic (exact) mass is 414 g/mol. The number of Topliss-reactive ketones (excluding diaryl/α,β-unsaturated/α-hetero) is 1. The highest BCUT2D eigenvalue weighted by Crippen LogP contribution is 2.32. The maximum Gasteiger partial charge on any atom is 0.277 e. The van der Waals surface area contributed by atoms with Crippen molar-refractivity contribution in [1.29, 1.82) is 0 Å². The maximum atomic E-state index is 12.5. The molecule has 0 saturated heterocycles. The second-order valence-electron chi connectivity index (χ2n) is 6.04. The van der Waals surface area contributed by atoms with Crippen LogP contribution in [0.1, 0.15) is 10.4 Å². The van der Waals surface area contributed by atoms with Crippen molar-refractivity contribution in [3.05, 3.63) is 42.0 Å². The van der Waals surface area contributed by atoms with Gasteiger partial charge in [0.2, 0.25) is 5.89 Å². The highest BCUT2D eigenvalue weighted by Gasteiger charge is 2.17. The van der Waals surface area contributed by atoms with Crippen molar-refractivity contribution in [3.8, 4) is 34.5 Å². The SMILES string of the molecule is COc1cc(OC)cc(-c2nnc(SCC(=O)c3ccc4c(c3)OCCO4)o2)c1. The van der Waals surface area contributed by atoms with Crippen molar-refractivity contribution >= 4 is 17.5 Å². The van der Waals surface area contributed by atoms with E-state index in [0.29, 0.717) is 58.5 Å². The molecule has 0 fully saturated rings. The summed E-state index contributed by atoms with van der Waals surface area (Å²) in [4.78, 5) is 12.5. The van der Waals surface area contributed by atoms with Gasteiger partial charge in [0.05, 0.1) is 20.0 Å². The topological polar surface area (TPSA) is 92.9 Å². The van der Waals surface area contributed by atoms with Gasteiger partial charge in [-0.2, -0.15) is 0 Å². The average Bonchev–Trinajstić information content (AvgIpc) is 3.26. The zero-order chi connectivity index (χ0) is 20.2. The number of nitrogens with zero attached hydrogens (tertiary/aromatic N) is 2. The summed E-state index contributed by atoms with van der Waals surface area (Å²) in [6.45, 7) is 0.980. The number of rotatable bonds is 7. The maximum absolute atomic E-state index is 12.5. The Morgan fingerprint density at radius 1 is 1.00 bits per heavy atom. The van der Waals surface area contributed by atoms with Crippen LogP contribution in [-0.4, -0.2) is 49.2 Å². The molecule has 0 aliphatic carbocycles. The molecule has 29 heavy (non-hydrogen) atoms. The molecule has 0 saturated carbocycles. The van der Waals surface area contributed by atoms with Crippen molar-refractivity contribution in [1.82, 2.24) is 10.2 Å². The van der Waals surface area contributed by atoms with Crippen LogP contribution < -0.4 is 18.9 Å². The number of aromatic nitrogens is 2. The van der Waals surface area contributed by atoms with E-state index in [4.69, 9.17) is 23.4 Å². The molecule has 0 spiro atoms. The van der Waals surface area contributed by atoms with Crippen LogP contribution in [0.2, 0.25) is 0 Å². The molecular weight excluding hydrogens is 396 g/mol. The van der Waals surface area contributed by atoms with Crippen LogP contribution in [0.3, 0.4) is 0 Å². The van der Waals surface area contributed by atoms with Crippen LogP contribution in [0.4, 0.5) is 0 Å². The van der Waals surface area contributed by atoms with Gasteiger partial charge in [-0.25, -0.2) is 0 Å². The van der Waals surface area contributed by atoms with Crippen molar-refractivity contribution in [2.45, 2.75) is 5.22 Å². The number of carbonyl (C=O) groups excluding carboxylic acids is 1. The summed E-state index contributed by atoms with van der Waals surface area (Å²) in [7, 11) is 3.13. The molecule has 8 nitrogen and oxygen atoms in total. The number of ether oxygens (including phenoxy) is 4. The minimum atomic E-state index is -0.0743. The molecule has 0 unspecified atom stereocenters. The summed E-state index contributed by atoms with van der Waals surface area (Å²) in [6, 6.07) is 10.4. The van der Waals surface area contributed by atoms with Gasteiger partial charge in [0.15, 0.2) is 17.3 Å². The Kier molecular flexibility index (Phi) is 5.57. The average molecular weight is 414 g/mol. The molecule has 9 heteroatoms. The highest BCUT2D eigenvalue weighted by atomic mass is 32.2. The number of benzene rings is 2. The van der Waals surface area contributed by atoms with Gasteiger partial charge in [0.25, 0.3) is 5.22 Å². The lowest BCUT2D eigenvalue weighted by atomic mass is 10.1. The Hall–Kier alpha value is -3.20. The smallest absolute Gasteiger partial charge is 0.277 e. The van der Waals surface area contributed by atoms with Gasteiger partial charge in [-0.15, -0.1) is 10.2 Å². The molecule has 0 amide bonds. The molecule has 0 N–H and O–H groups in total. The van der Waals surface area contributed by atoms with Gasteiger partial charge < -0.3 is 23.4 Å². The summed E-state index contributed by atoms with van der Waals surface area (Å²) in [5.41, 5.74) is 1.21. The molecule has 2 heterocycles. The minimum absolute atomic E-state index is 0.0743. The fourth-order valence-electron chi connectivity index (χ4n) is 2.74. The molecular formula is C20H18N2O6S. The van der Waals surface area contributed by atoms with E-state index < -0.39 is 0 Å². The third-order valence-corrected chi connectivity index (χ3v) is 5.01. The Labute approximate surface area is 171 Å². The van der Waals surface area contributed by atoms with E-state index in [-0.39, 0.29) is 11.5 Å². The van der Waals surface area contributed by atoms with E-state index in [1.165, 1.54) is 11.8 Å². The van der Waals surface area contributed by atoms with Crippen LogP contribution in [0.15, 0.2) is 46.0 Å². The minimum Gasteiger partial charge on any atom is -0.497 e. The molecule has 0 radical (unpaired) electrons. The Morgan fingerprint density at radius 2 is 1.72 bits per heavy atom. The lowest BCUT2D eigenvalue weighted by Gasteiger charge is -2.18. The predicted molar refractivity (Wildman–Crippen MR) is 105 cm³/mol. The molecule has 1 aliphatic heterocycles. The van der Waals surface area contributed by atoms with E-state index >= 15 is 0 Å². The fraction of sp³-hybridized carbons (Fsp3) is 0.250. The van der Waals surface area contributed by atoms with Crippen molar-refractivity contribution in [3.63, 3.8) is 0 Å². The van der Waals surface area contributed by atoms with Gasteiger partial charge in [-0.1, -0.05) is 11.8 Å². The first-order chi connectivity index (χ1) is 14.2. The van der Waals surface area contributed by atoms with Crippen LogP contribution in [0, 0.1) is 0 Å². The van der Waals surface area contributed by atoms with Crippen molar-refractivity contribution in [2.24, 2.45) is 0 Å². The molecule has 3 aromatic rings. The van der Waals surface area contributed by atoms with E-state index in [1.807, 2.05) is 0 Å². The van der Waals surface area contributed by atoms with E-state index in [0.717, 1.165) is 0 Å². The zero-order valence-electron chi connectivity index (χ0n) is 15.8. The molecule has 0 bridgehead atoms. The number of fused-ring (bicyclic) bond motifs is 1. The van der Waals surface area contributed by atoms with Crippen molar-refractivity contribution in [2.75, 3.05) is 33.2 Å². The van der Waals surface area contributed by atoms with Gasteiger partial charge in [-0.05, 0) is 30.3 Å². The number of ketones is 1. The lowest BCUT2D eigenvalue weighted by molar-refractivity contribution is 0.102. The molecule has 1 aliphatic rings. The van der Waals surface area contributed by atoms with Gasteiger partial charge in [0.1, 0.15) is 24.7 Å². The number of thioether (sulfide) groups is 1. The van der Waals surface area contributed by atoms with Crippen molar-refractivity contribution < 1.29 is 28.2 Å². The lowest BCUT2D eigenvalue weighted by Crippen LogP contribution is -2.16. The van der Waals surface area contributed by atoms with E-state index in [9.17, 15) is 4.79 Å². The van der Waals surface area contributed by atoms with Crippen LogP contribution in [0.25, 0.3) is 11.5 Å². The summed E-state index contributed by atoms with van der Waals surface area (Å²) in [5.74, 6) is 2.85. The van der Waals surface area contributed by atoms with Gasteiger partial charge >= 0.3 is 0 Å². The summed E-state index contributed by atoms with van der Waals surface area (Å²) in [6.07, 6.45) is 0. The summed E-state index contributed by atoms with van der Waals surface area (Å²) in [5, 5.41) is 8.36. The van der Waals surface area contributed by atoms with Crippen LogP contribution in [0.5, 0.6) is 23.0 Å². The Morgan fingerprint density at radius 3 is 2.45 bits per heavy atom. The molecule has 2 aromatic carbocycles. The Bertz CT molecular complexity index is 1010. The number of hydrogen-bond acceptors (Lipinski definition) is 9. The molecule has 1 aromatic heterocycles. The molecule has 150 valence electrons. The standard InChI is InChI=1S/C20H18N2O6S/c1-24-14-7-13(8-15(10-14)25-2)19-21-22-20(28-19)29-11-16(23)12-3-4-17-18(9-12)27-6-5-26-17/h3-4,7-10H,5-6,11H2,1-2H3. The first kappa shape index (κ1) is 19.1. The predicted octanol–water partition coefficient (Wildman–Crippen LogP) is 3.50. The number of carbonyl (C=O) groups is 1. The summed E-state index contributed by atoms with van der Waals surface area (Å²) < 4.78 is 27.2. The second-order valence-corrected chi connectivity index (χ2v) is 6.97. The van der Waals surface area contributed by atoms with E-state index in [1.54, 1.807) is 50.6 Å². The van der Waals surface area contributed by atoms with E-state index in [2.05, 4.69) is 10.2 Å². The zero-order valence-corrected chi connectivity index (χ0v) is 16.7. The largest absolute Gasteiger partial charge is 0.497 e. The van der Waals surface area contributed by atoms with Crippen LogP contribution in [-0.2, 0) is 0 Å².